The zero-order valence-corrected chi connectivity index (χ0v) is 12.7. The van der Waals surface area contributed by atoms with Crippen LogP contribution in [0.25, 0.3) is 0 Å². The van der Waals surface area contributed by atoms with Crippen molar-refractivity contribution < 1.29 is 38.9 Å². The molecule has 0 aromatic rings. The average molecular weight is 314 g/mol. The van der Waals surface area contributed by atoms with E-state index in [1.807, 2.05) is 5.92 Å². The number of hydrogen-bond donors (Lipinski definition) is 2. The monoisotopic (exact) mass is 314 g/mol. The summed E-state index contributed by atoms with van der Waals surface area (Å²) in [6, 6.07) is 0. The molecule has 0 bridgehead atoms. The highest BCUT2D eigenvalue weighted by atomic mass is 16.5. The van der Waals surface area contributed by atoms with Crippen molar-refractivity contribution in [1.29, 1.82) is 0 Å². The van der Waals surface area contributed by atoms with Crippen LogP contribution in [0.3, 0.4) is 0 Å². The lowest BCUT2D eigenvalue weighted by atomic mass is 10.3. The topological polar surface area (TPSA) is 127 Å². The minimum absolute atomic E-state index is 0.424. The fourth-order valence-electron chi connectivity index (χ4n) is 0.961. The van der Waals surface area contributed by atoms with Gasteiger partial charge in [0.05, 0.1) is 0 Å². The largest absolute Gasteiger partial charge is 0.478 e. The maximum Gasteiger partial charge on any atom is 0.382 e. The molecule has 22 heavy (non-hydrogen) atoms. The third-order valence-electron chi connectivity index (χ3n) is 1.59. The van der Waals surface area contributed by atoms with Crippen LogP contribution in [-0.4, -0.2) is 46.3 Å². The molecule has 0 amide bonds. The lowest BCUT2D eigenvalue weighted by Gasteiger charge is -2.04. The van der Waals surface area contributed by atoms with Gasteiger partial charge in [-0.15, -0.1) is 0 Å². The number of carboxylic acid groups (broad SMARTS) is 2. The molecule has 8 nitrogen and oxygen atoms in total. The lowest BCUT2D eigenvalue weighted by Crippen LogP contribution is -2.09. The molecule has 122 valence electrons. The fourth-order valence-corrected chi connectivity index (χ4v) is 0.961. The van der Waals surface area contributed by atoms with Crippen LogP contribution in [0, 0.1) is 11.8 Å². The Balaban J connectivity index is 0. The second-order valence-electron chi connectivity index (χ2n) is 3.84. The summed E-state index contributed by atoms with van der Waals surface area (Å²) in [5, 5.41) is 16.3. The Morgan fingerprint density at radius 2 is 1.50 bits per heavy atom. The Labute approximate surface area is 127 Å². The minimum Gasteiger partial charge on any atom is -0.478 e. The van der Waals surface area contributed by atoms with E-state index in [9.17, 15) is 19.2 Å². The molecule has 2 N–H and O–H groups in total. The average Bonchev–Trinajstić information content (AvgIpc) is 2.33. The van der Waals surface area contributed by atoms with Gasteiger partial charge in [-0.1, -0.05) is 0 Å². The number of carboxylic acids is 2. The first-order chi connectivity index (χ1) is 10.0. The normalized spacial score (nSPS) is 11.8. The molecule has 0 aromatic carbocycles. The molecular weight excluding hydrogens is 296 g/mol. The van der Waals surface area contributed by atoms with E-state index in [1.165, 1.54) is 26.8 Å². The van der Waals surface area contributed by atoms with Crippen molar-refractivity contribution in [2.24, 2.45) is 0 Å². The molecule has 8 heteroatoms. The molecule has 0 aliphatic heterocycles. The van der Waals surface area contributed by atoms with Crippen molar-refractivity contribution in [1.82, 2.24) is 0 Å². The van der Waals surface area contributed by atoms with Crippen LogP contribution in [0.1, 0.15) is 27.7 Å². The van der Waals surface area contributed by atoms with Gasteiger partial charge in [-0.3, -0.25) is 9.59 Å². The van der Waals surface area contributed by atoms with Crippen molar-refractivity contribution >= 4 is 23.9 Å². The van der Waals surface area contributed by atoms with Gasteiger partial charge in [0.15, 0.2) is 6.10 Å². The highest BCUT2D eigenvalue weighted by Crippen LogP contribution is 1.92. The molecule has 0 spiro atoms. The van der Waals surface area contributed by atoms with E-state index in [0.717, 1.165) is 6.08 Å². The molecule has 0 saturated carbocycles. The quantitative estimate of drug-likeness (QED) is 0.439. The molecule has 0 radical (unpaired) electrons. The third-order valence-corrected chi connectivity index (χ3v) is 1.59. The van der Waals surface area contributed by atoms with Crippen molar-refractivity contribution in [3.63, 3.8) is 0 Å². The first-order valence-corrected chi connectivity index (χ1v) is 6.04. The van der Waals surface area contributed by atoms with Crippen LogP contribution in [0.5, 0.6) is 0 Å². The van der Waals surface area contributed by atoms with Crippen LogP contribution >= 0.6 is 0 Å². The predicted octanol–water partition coefficient (Wildman–Crippen LogP) is 0.605. The Morgan fingerprint density at radius 3 is 1.86 bits per heavy atom. The summed E-state index contributed by atoms with van der Waals surface area (Å²) in [4.78, 5) is 40.4. The Morgan fingerprint density at radius 1 is 1.00 bits per heavy atom. The van der Waals surface area contributed by atoms with Gasteiger partial charge >= 0.3 is 23.9 Å². The third kappa shape index (κ3) is 19.5. The second-order valence-corrected chi connectivity index (χ2v) is 3.84. The van der Waals surface area contributed by atoms with Crippen molar-refractivity contribution in [2.75, 3.05) is 0 Å². The summed E-state index contributed by atoms with van der Waals surface area (Å²) in [6.07, 6.45) is 1.09. The van der Waals surface area contributed by atoms with Crippen molar-refractivity contribution in [3.8, 4) is 11.8 Å². The Kier molecular flexibility index (Phi) is 11.7. The number of carbonyl (C=O) groups is 4. The number of carbonyl (C=O) groups excluding carboxylic acids is 2. The molecule has 0 aliphatic rings. The number of esters is 2. The maximum atomic E-state index is 10.3. The zero-order valence-electron chi connectivity index (χ0n) is 12.7. The molecule has 0 unspecified atom stereocenters. The van der Waals surface area contributed by atoms with Crippen LogP contribution in [0.4, 0.5) is 0 Å². The second kappa shape index (κ2) is 12.0. The zero-order chi connectivity index (χ0) is 17.7. The first-order valence-electron chi connectivity index (χ1n) is 6.04. The van der Waals surface area contributed by atoms with Crippen molar-refractivity contribution in [2.45, 2.75) is 39.9 Å². The van der Waals surface area contributed by atoms with E-state index in [4.69, 9.17) is 10.2 Å². The van der Waals surface area contributed by atoms with Crippen LogP contribution in [0.2, 0.25) is 0 Å². The van der Waals surface area contributed by atoms with Gasteiger partial charge in [0.2, 0.25) is 0 Å². The molecule has 2 atom stereocenters. The van der Waals surface area contributed by atoms with Gasteiger partial charge in [0.25, 0.3) is 0 Å². The highest BCUT2D eigenvalue weighted by Gasteiger charge is 2.00. The number of hydrogen-bond acceptors (Lipinski definition) is 6. The van der Waals surface area contributed by atoms with Crippen LogP contribution in [-0.2, 0) is 28.7 Å². The standard InChI is InChI=1S/C7H10O4.C7H8O4/c2*1-5(11-6(2)8)3-4-7(9)10/h3-5H,1-2H3,(H,9,10);5H,1-2H3,(H,9,10)/b4-3-;/t2*5-/m00/s1. The Hall–Kier alpha value is -2.82. The van der Waals surface area contributed by atoms with Gasteiger partial charge < -0.3 is 19.7 Å². The summed E-state index contributed by atoms with van der Waals surface area (Å²) in [7, 11) is 0. The van der Waals surface area contributed by atoms with Crippen molar-refractivity contribution in [3.05, 3.63) is 12.2 Å². The molecular formula is C14H18O8. The van der Waals surface area contributed by atoms with Gasteiger partial charge in [-0.05, 0) is 25.8 Å². The summed E-state index contributed by atoms with van der Waals surface area (Å²) in [5.74, 6) is 0.878. The molecule has 0 fully saturated rings. The van der Waals surface area contributed by atoms with Gasteiger partial charge in [0, 0.05) is 25.8 Å². The molecule has 0 aromatic heterocycles. The number of rotatable bonds is 4. The van der Waals surface area contributed by atoms with E-state index < -0.39 is 36.1 Å². The van der Waals surface area contributed by atoms with E-state index in [1.54, 1.807) is 6.92 Å². The van der Waals surface area contributed by atoms with Gasteiger partial charge in [-0.25, -0.2) is 9.59 Å². The van der Waals surface area contributed by atoms with E-state index in [2.05, 4.69) is 15.4 Å². The summed E-state index contributed by atoms with van der Waals surface area (Å²) >= 11 is 0. The fraction of sp³-hybridized carbons (Fsp3) is 0.429. The van der Waals surface area contributed by atoms with E-state index in [0.29, 0.717) is 0 Å². The first kappa shape index (κ1) is 21.5. The predicted molar refractivity (Wildman–Crippen MR) is 74.6 cm³/mol. The van der Waals surface area contributed by atoms with Gasteiger partial charge in [0.1, 0.15) is 6.10 Å². The van der Waals surface area contributed by atoms with E-state index in [-0.39, 0.29) is 0 Å². The van der Waals surface area contributed by atoms with E-state index >= 15 is 0 Å². The lowest BCUT2D eigenvalue weighted by molar-refractivity contribution is -0.144. The van der Waals surface area contributed by atoms with Crippen LogP contribution in [0.15, 0.2) is 12.2 Å². The summed E-state index contributed by atoms with van der Waals surface area (Å²) in [6.45, 7) is 5.59. The molecule has 0 heterocycles. The molecule has 0 rings (SSSR count). The molecule has 0 aliphatic carbocycles. The molecule has 0 saturated heterocycles. The Bertz CT molecular complexity index is 495. The number of ether oxygens (including phenoxy) is 2. The summed E-state index contributed by atoms with van der Waals surface area (Å²) < 4.78 is 9.14. The minimum atomic E-state index is -1.23. The smallest absolute Gasteiger partial charge is 0.382 e. The SMILES string of the molecule is CC(=O)O[C@@H](C)/C=C\C(=O)O.CC(=O)O[C@@H](C)C#CC(=O)O. The van der Waals surface area contributed by atoms with Crippen LogP contribution < -0.4 is 0 Å². The summed E-state index contributed by atoms with van der Waals surface area (Å²) in [5.41, 5.74) is 0. The number of aliphatic carboxylic acids is 2. The van der Waals surface area contributed by atoms with Gasteiger partial charge in [-0.2, -0.15) is 0 Å². The maximum absolute atomic E-state index is 10.3. The highest BCUT2D eigenvalue weighted by molar-refractivity contribution is 5.86.